The smallest absolute Gasteiger partial charge is 0.0503 e. The van der Waals surface area contributed by atoms with Crippen molar-refractivity contribution < 1.29 is 0 Å². The lowest BCUT2D eigenvalue weighted by Crippen LogP contribution is -2.55. The molecule has 1 aromatic rings. The molecule has 1 aliphatic carbocycles. The number of hydrogen-bond acceptors (Lipinski definition) is 3. The van der Waals surface area contributed by atoms with Crippen LogP contribution in [-0.4, -0.2) is 23.0 Å². The van der Waals surface area contributed by atoms with E-state index in [9.17, 15) is 0 Å². The van der Waals surface area contributed by atoms with Crippen molar-refractivity contribution in [3.05, 3.63) is 24.0 Å². The van der Waals surface area contributed by atoms with Gasteiger partial charge in [0.1, 0.15) is 0 Å². The van der Waals surface area contributed by atoms with Gasteiger partial charge in [-0.25, -0.2) is 0 Å². The molecule has 114 valence electrons. The van der Waals surface area contributed by atoms with Gasteiger partial charge in [-0.05, 0) is 48.6 Å². The molecule has 0 aromatic carbocycles. The Labute approximate surface area is 138 Å². The molecule has 3 atom stereocenters. The van der Waals surface area contributed by atoms with E-state index < -0.39 is 0 Å². The van der Waals surface area contributed by atoms with E-state index in [0.717, 1.165) is 23.4 Å². The number of halogens is 3. The Morgan fingerprint density at radius 2 is 1.65 bits per heavy atom. The van der Waals surface area contributed by atoms with Crippen molar-refractivity contribution in [2.75, 3.05) is 18.8 Å². The number of pyridine rings is 1. The highest BCUT2D eigenvalue weighted by molar-refractivity contribution is 5.86. The van der Waals surface area contributed by atoms with Crippen LogP contribution in [0, 0.1) is 17.8 Å². The summed E-state index contributed by atoms with van der Waals surface area (Å²) in [5, 5.41) is 0. The lowest BCUT2D eigenvalue weighted by atomic mass is 9.64. The fourth-order valence-electron chi connectivity index (χ4n) is 4.56. The minimum Gasteiger partial charge on any atom is -0.397 e. The van der Waals surface area contributed by atoms with Gasteiger partial charge in [0, 0.05) is 31.5 Å². The van der Waals surface area contributed by atoms with Crippen LogP contribution in [0.1, 0.15) is 30.9 Å². The first-order valence-electron chi connectivity index (χ1n) is 6.74. The van der Waals surface area contributed by atoms with Crippen molar-refractivity contribution in [3.8, 4) is 0 Å². The molecule has 1 saturated carbocycles. The van der Waals surface area contributed by atoms with Crippen LogP contribution >= 0.6 is 37.2 Å². The SMILES string of the molecule is Cl.Cl.Cl.Nc1cncc(C2C3CC4CC(C3)CN2C4)c1. The molecule has 6 heteroatoms. The van der Waals surface area contributed by atoms with Gasteiger partial charge in [-0.3, -0.25) is 9.88 Å². The van der Waals surface area contributed by atoms with Gasteiger partial charge in [0.25, 0.3) is 0 Å². The van der Waals surface area contributed by atoms with Gasteiger partial charge in [-0.15, -0.1) is 37.2 Å². The van der Waals surface area contributed by atoms with Gasteiger partial charge >= 0.3 is 0 Å². The van der Waals surface area contributed by atoms with E-state index in [-0.39, 0.29) is 37.2 Å². The minimum absolute atomic E-state index is 0. The zero-order valence-electron chi connectivity index (χ0n) is 11.3. The number of nitrogens with two attached hydrogens (primary N) is 1. The molecule has 3 saturated heterocycles. The molecule has 3 nitrogen and oxygen atoms in total. The first-order valence-corrected chi connectivity index (χ1v) is 6.74. The Balaban J connectivity index is 0.000000667. The summed E-state index contributed by atoms with van der Waals surface area (Å²) < 4.78 is 0. The maximum Gasteiger partial charge on any atom is 0.0503 e. The number of nitrogen functional groups attached to an aromatic ring is 1. The zero-order valence-corrected chi connectivity index (χ0v) is 13.7. The number of nitrogens with zero attached hydrogens (tertiary/aromatic N) is 2. The number of piperidine rings is 3. The summed E-state index contributed by atoms with van der Waals surface area (Å²) >= 11 is 0. The van der Waals surface area contributed by atoms with Crippen molar-refractivity contribution in [1.82, 2.24) is 9.88 Å². The van der Waals surface area contributed by atoms with E-state index in [2.05, 4.69) is 16.0 Å². The molecular formula is C14H22Cl3N3. The van der Waals surface area contributed by atoms with E-state index in [1.165, 1.54) is 37.9 Å². The van der Waals surface area contributed by atoms with E-state index in [0.29, 0.717) is 6.04 Å². The fourth-order valence-corrected chi connectivity index (χ4v) is 4.56. The lowest BCUT2D eigenvalue weighted by molar-refractivity contribution is -0.0663. The van der Waals surface area contributed by atoms with Crippen molar-refractivity contribution >= 4 is 42.9 Å². The predicted molar refractivity (Wildman–Crippen MR) is 89.0 cm³/mol. The Morgan fingerprint density at radius 3 is 2.20 bits per heavy atom. The maximum atomic E-state index is 5.87. The summed E-state index contributed by atoms with van der Waals surface area (Å²) in [6.07, 6.45) is 8.09. The van der Waals surface area contributed by atoms with Gasteiger partial charge in [-0.2, -0.15) is 0 Å². The summed E-state index contributed by atoms with van der Waals surface area (Å²) in [4.78, 5) is 6.95. The van der Waals surface area contributed by atoms with Crippen molar-refractivity contribution in [3.63, 3.8) is 0 Å². The predicted octanol–water partition coefficient (Wildman–Crippen LogP) is 3.33. The van der Waals surface area contributed by atoms with Crippen LogP contribution in [0.5, 0.6) is 0 Å². The van der Waals surface area contributed by atoms with Crippen molar-refractivity contribution in [2.45, 2.75) is 25.3 Å². The number of hydrogen-bond donors (Lipinski definition) is 1. The standard InChI is InChI=1S/C14H19N3.3ClH/c15-13-4-12(5-16-6-13)14-11-2-9-1-10(3-11)8-17(14)7-9;;;/h4-6,9-11,14H,1-3,7-8,15H2;3*1H. The first kappa shape index (κ1) is 17.8. The number of aromatic nitrogens is 1. The number of rotatable bonds is 1. The summed E-state index contributed by atoms with van der Waals surface area (Å²) in [7, 11) is 0. The minimum atomic E-state index is 0. The van der Waals surface area contributed by atoms with Crippen molar-refractivity contribution in [1.29, 1.82) is 0 Å². The van der Waals surface area contributed by atoms with Gasteiger partial charge in [-0.1, -0.05) is 0 Å². The van der Waals surface area contributed by atoms with Crippen LogP contribution in [0.3, 0.4) is 0 Å². The normalized spacial score (nSPS) is 36.5. The summed E-state index contributed by atoms with van der Waals surface area (Å²) in [5.74, 6) is 2.79. The molecule has 0 spiro atoms. The van der Waals surface area contributed by atoms with E-state index in [1.807, 2.05) is 6.20 Å². The van der Waals surface area contributed by atoms with Gasteiger partial charge < -0.3 is 5.73 Å². The fraction of sp³-hybridized carbons (Fsp3) is 0.643. The zero-order chi connectivity index (χ0) is 11.4. The molecular weight excluding hydrogens is 317 g/mol. The highest BCUT2D eigenvalue weighted by Gasteiger charge is 2.47. The average molecular weight is 339 g/mol. The van der Waals surface area contributed by atoms with Crippen LogP contribution in [0.15, 0.2) is 18.5 Å². The quantitative estimate of drug-likeness (QED) is 0.854. The third-order valence-corrected chi connectivity index (χ3v) is 4.89. The molecule has 0 amide bonds. The first-order chi connectivity index (χ1) is 8.29. The summed E-state index contributed by atoms with van der Waals surface area (Å²) in [6, 6.07) is 2.72. The summed E-state index contributed by atoms with van der Waals surface area (Å²) in [6.45, 7) is 2.60. The topological polar surface area (TPSA) is 42.1 Å². The Morgan fingerprint density at radius 1 is 1.00 bits per heavy atom. The van der Waals surface area contributed by atoms with Crippen LogP contribution < -0.4 is 5.73 Å². The van der Waals surface area contributed by atoms with Gasteiger partial charge in [0.15, 0.2) is 0 Å². The summed E-state index contributed by atoms with van der Waals surface area (Å²) in [5.41, 5.74) is 8.02. The largest absolute Gasteiger partial charge is 0.397 e. The molecule has 2 N–H and O–H groups in total. The van der Waals surface area contributed by atoms with Gasteiger partial charge in [0.2, 0.25) is 0 Å². The maximum absolute atomic E-state index is 5.87. The van der Waals surface area contributed by atoms with Crippen molar-refractivity contribution in [2.24, 2.45) is 17.8 Å². The second kappa shape index (κ2) is 6.69. The number of anilines is 1. The molecule has 3 aliphatic heterocycles. The molecule has 4 aliphatic rings. The monoisotopic (exact) mass is 337 g/mol. The molecule has 4 heterocycles. The molecule has 20 heavy (non-hydrogen) atoms. The third kappa shape index (κ3) is 2.87. The lowest BCUT2D eigenvalue weighted by Gasteiger charge is -2.56. The Kier molecular flexibility index (Phi) is 5.97. The van der Waals surface area contributed by atoms with Gasteiger partial charge in [0.05, 0.1) is 5.69 Å². The molecule has 4 bridgehead atoms. The van der Waals surface area contributed by atoms with E-state index in [1.54, 1.807) is 6.20 Å². The van der Waals surface area contributed by atoms with Crippen LogP contribution in [-0.2, 0) is 0 Å². The van der Waals surface area contributed by atoms with Crippen LogP contribution in [0.4, 0.5) is 5.69 Å². The Bertz CT molecular complexity index is 427. The molecule has 1 aromatic heterocycles. The second-order valence-electron chi connectivity index (χ2n) is 6.15. The third-order valence-electron chi connectivity index (χ3n) is 4.89. The molecule has 5 rings (SSSR count). The molecule has 3 unspecified atom stereocenters. The average Bonchev–Trinajstić information content (AvgIpc) is 2.27. The molecule has 4 fully saturated rings. The van der Waals surface area contributed by atoms with E-state index >= 15 is 0 Å². The van der Waals surface area contributed by atoms with Crippen LogP contribution in [0.25, 0.3) is 0 Å². The Hall–Kier alpha value is -0.220. The van der Waals surface area contributed by atoms with Crippen LogP contribution in [0.2, 0.25) is 0 Å². The molecule has 0 radical (unpaired) electrons. The highest BCUT2D eigenvalue weighted by Crippen LogP contribution is 2.52. The highest BCUT2D eigenvalue weighted by atomic mass is 35.5. The second-order valence-corrected chi connectivity index (χ2v) is 6.15. The van der Waals surface area contributed by atoms with E-state index in [4.69, 9.17) is 5.73 Å².